The van der Waals surface area contributed by atoms with Crippen LogP contribution in [0.2, 0.25) is 0 Å². The summed E-state index contributed by atoms with van der Waals surface area (Å²) in [6.45, 7) is 3.48. The molecule has 1 aliphatic rings. The molecule has 1 amide bonds. The zero-order valence-corrected chi connectivity index (χ0v) is 17.6. The summed E-state index contributed by atoms with van der Waals surface area (Å²) in [5.74, 6) is 1.61. The fourth-order valence-electron chi connectivity index (χ4n) is 3.40. The van der Waals surface area contributed by atoms with E-state index >= 15 is 0 Å². The normalized spacial score (nSPS) is 16.1. The van der Waals surface area contributed by atoms with Crippen molar-refractivity contribution < 1.29 is 13.9 Å². The predicted octanol–water partition coefficient (Wildman–Crippen LogP) is 4.27. The minimum absolute atomic E-state index is 0.0000216. The van der Waals surface area contributed by atoms with Crippen molar-refractivity contribution >= 4 is 28.6 Å². The SMILES string of the molecule is COCCN(Cc1nnc(-c2cccs2)o1)C(=O)c1cc2c(s1)CC[C@H](C)C2. The van der Waals surface area contributed by atoms with E-state index < -0.39 is 0 Å². The lowest BCUT2D eigenvalue weighted by Crippen LogP contribution is -2.33. The number of aromatic nitrogens is 2. The average molecular weight is 418 g/mol. The van der Waals surface area contributed by atoms with Gasteiger partial charge in [-0.15, -0.1) is 32.9 Å². The standard InChI is InChI=1S/C20H23N3O3S2/c1-13-5-6-15-14(10-13)11-17(28-15)20(24)23(7-8-25-2)12-18-21-22-19(26-18)16-4-3-9-27-16/h3-4,9,11,13H,5-8,10,12H2,1-2H3/t13-/m0/s1. The molecule has 0 aromatic carbocycles. The molecule has 0 fully saturated rings. The van der Waals surface area contributed by atoms with Crippen LogP contribution in [0.4, 0.5) is 0 Å². The molecule has 0 aliphatic heterocycles. The van der Waals surface area contributed by atoms with Crippen molar-refractivity contribution in [2.24, 2.45) is 5.92 Å². The van der Waals surface area contributed by atoms with Gasteiger partial charge in [0.1, 0.15) is 0 Å². The molecule has 0 saturated carbocycles. The maximum Gasteiger partial charge on any atom is 0.264 e. The summed E-state index contributed by atoms with van der Waals surface area (Å²) < 4.78 is 11.0. The number of hydrogen-bond donors (Lipinski definition) is 0. The minimum Gasteiger partial charge on any atom is -0.418 e. The summed E-state index contributed by atoms with van der Waals surface area (Å²) in [5, 5.41) is 10.2. The lowest BCUT2D eigenvalue weighted by molar-refractivity contribution is 0.0668. The van der Waals surface area contributed by atoms with E-state index in [1.165, 1.54) is 16.9 Å². The number of rotatable bonds is 7. The Hall–Kier alpha value is -2.03. The number of fused-ring (bicyclic) bond motifs is 1. The molecule has 6 nitrogen and oxygen atoms in total. The fraction of sp³-hybridized carbons (Fsp3) is 0.450. The van der Waals surface area contributed by atoms with Gasteiger partial charge in [0.15, 0.2) is 0 Å². The highest BCUT2D eigenvalue weighted by Crippen LogP contribution is 2.33. The molecule has 3 aromatic rings. The smallest absolute Gasteiger partial charge is 0.264 e. The molecular weight excluding hydrogens is 394 g/mol. The summed E-state index contributed by atoms with van der Waals surface area (Å²) in [4.78, 5) is 18.0. The number of carbonyl (C=O) groups is 1. The van der Waals surface area contributed by atoms with Gasteiger partial charge in [0.25, 0.3) is 11.8 Å². The second kappa shape index (κ2) is 8.55. The molecule has 0 N–H and O–H groups in total. The second-order valence-electron chi connectivity index (χ2n) is 7.10. The summed E-state index contributed by atoms with van der Waals surface area (Å²) in [7, 11) is 1.63. The van der Waals surface area contributed by atoms with Gasteiger partial charge >= 0.3 is 0 Å². The number of amides is 1. The van der Waals surface area contributed by atoms with Crippen molar-refractivity contribution in [3.8, 4) is 10.8 Å². The number of hydrogen-bond acceptors (Lipinski definition) is 7. The van der Waals surface area contributed by atoms with Gasteiger partial charge in [-0.3, -0.25) is 4.79 Å². The highest BCUT2D eigenvalue weighted by Gasteiger charge is 2.25. The lowest BCUT2D eigenvalue weighted by Gasteiger charge is -2.19. The lowest BCUT2D eigenvalue weighted by atomic mass is 9.90. The molecule has 0 spiro atoms. The van der Waals surface area contributed by atoms with Crippen molar-refractivity contribution in [2.45, 2.75) is 32.7 Å². The summed E-state index contributed by atoms with van der Waals surface area (Å²) in [6, 6.07) is 5.95. The van der Waals surface area contributed by atoms with E-state index in [-0.39, 0.29) is 12.5 Å². The maximum absolute atomic E-state index is 13.2. The number of carbonyl (C=O) groups excluding carboxylic acids is 1. The minimum atomic E-state index is -0.0000216. The molecule has 3 aromatic heterocycles. The molecule has 1 aliphatic carbocycles. The second-order valence-corrected chi connectivity index (χ2v) is 9.19. The third kappa shape index (κ3) is 4.19. The Balaban J connectivity index is 1.52. The summed E-state index contributed by atoms with van der Waals surface area (Å²) in [6.07, 6.45) is 3.33. The number of methoxy groups -OCH3 is 1. The van der Waals surface area contributed by atoms with E-state index in [1.54, 1.807) is 34.7 Å². The van der Waals surface area contributed by atoms with Crippen LogP contribution in [-0.2, 0) is 24.1 Å². The number of aryl methyl sites for hydroxylation is 1. The first-order chi connectivity index (χ1) is 13.6. The summed E-state index contributed by atoms with van der Waals surface area (Å²) >= 11 is 3.17. The van der Waals surface area contributed by atoms with Gasteiger partial charge in [-0.05, 0) is 48.3 Å². The van der Waals surface area contributed by atoms with Crippen LogP contribution < -0.4 is 0 Å². The van der Waals surface area contributed by atoms with Gasteiger partial charge in [-0.2, -0.15) is 0 Å². The number of nitrogens with zero attached hydrogens (tertiary/aromatic N) is 3. The maximum atomic E-state index is 13.2. The van der Waals surface area contributed by atoms with E-state index in [2.05, 4.69) is 23.2 Å². The summed E-state index contributed by atoms with van der Waals surface area (Å²) in [5.41, 5.74) is 1.33. The Morgan fingerprint density at radius 1 is 1.43 bits per heavy atom. The Bertz CT molecular complexity index is 933. The van der Waals surface area contributed by atoms with Crippen LogP contribution in [-0.4, -0.2) is 41.3 Å². The first-order valence-electron chi connectivity index (χ1n) is 9.40. The van der Waals surface area contributed by atoms with Crippen LogP contribution in [0.15, 0.2) is 28.0 Å². The topological polar surface area (TPSA) is 68.5 Å². The van der Waals surface area contributed by atoms with E-state index in [4.69, 9.17) is 9.15 Å². The molecule has 0 bridgehead atoms. The van der Waals surface area contributed by atoms with Gasteiger partial charge in [0.05, 0.1) is 22.9 Å². The Morgan fingerprint density at radius 2 is 2.32 bits per heavy atom. The molecule has 0 saturated heterocycles. The van der Waals surface area contributed by atoms with Crippen LogP contribution in [0.25, 0.3) is 10.8 Å². The molecule has 3 heterocycles. The van der Waals surface area contributed by atoms with Gasteiger partial charge in [0, 0.05) is 18.5 Å². The van der Waals surface area contributed by atoms with E-state index in [0.29, 0.717) is 30.9 Å². The molecule has 4 rings (SSSR count). The van der Waals surface area contributed by atoms with Crippen LogP contribution in [0, 0.1) is 5.92 Å². The molecule has 148 valence electrons. The molecule has 8 heteroatoms. The van der Waals surface area contributed by atoms with E-state index in [0.717, 1.165) is 22.6 Å². The van der Waals surface area contributed by atoms with Gasteiger partial charge in [0.2, 0.25) is 5.89 Å². The molecule has 28 heavy (non-hydrogen) atoms. The Labute approximate surface area is 172 Å². The third-order valence-electron chi connectivity index (χ3n) is 4.92. The molecule has 0 radical (unpaired) electrons. The quantitative estimate of drug-likeness (QED) is 0.574. The highest BCUT2D eigenvalue weighted by molar-refractivity contribution is 7.14. The van der Waals surface area contributed by atoms with Crippen LogP contribution in [0.5, 0.6) is 0 Å². The molecule has 1 atom stereocenters. The van der Waals surface area contributed by atoms with Crippen LogP contribution in [0.1, 0.15) is 39.3 Å². The van der Waals surface area contributed by atoms with Crippen molar-refractivity contribution in [3.05, 3.63) is 44.8 Å². The zero-order chi connectivity index (χ0) is 19.5. The average Bonchev–Trinajstić information content (AvgIpc) is 3.43. The molecule has 0 unspecified atom stereocenters. The largest absolute Gasteiger partial charge is 0.418 e. The van der Waals surface area contributed by atoms with Gasteiger partial charge < -0.3 is 14.1 Å². The highest BCUT2D eigenvalue weighted by atomic mass is 32.1. The zero-order valence-electron chi connectivity index (χ0n) is 16.0. The van der Waals surface area contributed by atoms with Crippen molar-refractivity contribution in [3.63, 3.8) is 0 Å². The van der Waals surface area contributed by atoms with Gasteiger partial charge in [-0.25, -0.2) is 0 Å². The van der Waals surface area contributed by atoms with Crippen molar-refractivity contribution in [1.82, 2.24) is 15.1 Å². The first-order valence-corrected chi connectivity index (χ1v) is 11.1. The van der Waals surface area contributed by atoms with E-state index in [9.17, 15) is 4.79 Å². The third-order valence-corrected chi connectivity index (χ3v) is 7.00. The Kier molecular flexibility index (Phi) is 5.89. The van der Waals surface area contributed by atoms with E-state index in [1.807, 2.05) is 17.5 Å². The monoisotopic (exact) mass is 417 g/mol. The Morgan fingerprint density at radius 3 is 3.11 bits per heavy atom. The predicted molar refractivity (Wildman–Crippen MR) is 110 cm³/mol. The first kappa shape index (κ1) is 19.3. The molecular formula is C20H23N3O3S2. The number of ether oxygens (including phenoxy) is 1. The van der Waals surface area contributed by atoms with Crippen molar-refractivity contribution in [2.75, 3.05) is 20.3 Å². The van der Waals surface area contributed by atoms with Crippen LogP contribution >= 0.6 is 22.7 Å². The number of thiophene rings is 2. The fourth-order valence-corrected chi connectivity index (χ4v) is 5.22. The van der Waals surface area contributed by atoms with Gasteiger partial charge in [-0.1, -0.05) is 13.0 Å². The van der Waals surface area contributed by atoms with Crippen molar-refractivity contribution in [1.29, 1.82) is 0 Å². The van der Waals surface area contributed by atoms with Crippen LogP contribution in [0.3, 0.4) is 0 Å².